The zero-order valence-electron chi connectivity index (χ0n) is 11.0. The second-order valence-electron chi connectivity index (χ2n) is 4.02. The zero-order valence-corrected chi connectivity index (χ0v) is 11.0. The molecule has 0 spiro atoms. The van der Waals surface area contributed by atoms with Gasteiger partial charge in [0.25, 0.3) is 0 Å². The number of carboxylic acid groups (broad SMARTS) is 1. The molecular weight excluding hydrogens is 256 g/mol. The molecule has 6 heteroatoms. The van der Waals surface area contributed by atoms with E-state index in [9.17, 15) is 9.90 Å². The molecule has 0 radical (unpaired) electrons. The maximum atomic E-state index is 11.4. The lowest BCUT2D eigenvalue weighted by atomic mass is 10.2. The molecule has 6 nitrogen and oxygen atoms in total. The second kappa shape index (κ2) is 6.42. The highest BCUT2D eigenvalue weighted by Crippen LogP contribution is 2.12. The highest BCUT2D eigenvalue weighted by molar-refractivity contribution is 5.84. The number of rotatable bonds is 4. The number of nitrogens with zero attached hydrogens (tertiary/aromatic N) is 4. The lowest BCUT2D eigenvalue weighted by Crippen LogP contribution is -2.30. The maximum Gasteiger partial charge on any atom is 0.414 e. The fourth-order valence-corrected chi connectivity index (χ4v) is 1.69. The van der Waals surface area contributed by atoms with Crippen LogP contribution in [0.25, 0.3) is 0 Å². The van der Waals surface area contributed by atoms with E-state index in [1.165, 1.54) is 6.20 Å². The quantitative estimate of drug-likeness (QED) is 0.864. The number of aliphatic imine (C=N–C) groups is 1. The van der Waals surface area contributed by atoms with Gasteiger partial charge in [-0.3, -0.25) is 4.99 Å². The van der Waals surface area contributed by atoms with Gasteiger partial charge in [0.1, 0.15) is 0 Å². The molecule has 1 amide bonds. The zero-order chi connectivity index (χ0) is 14.4. The van der Waals surface area contributed by atoms with Crippen LogP contribution in [0.5, 0.6) is 0 Å². The summed E-state index contributed by atoms with van der Waals surface area (Å²) in [5.74, 6) is 0.138. The summed E-state index contributed by atoms with van der Waals surface area (Å²) in [6, 6.07) is 11.0. The van der Waals surface area contributed by atoms with Crippen LogP contribution in [-0.4, -0.2) is 34.4 Å². The summed E-state index contributed by atoms with van der Waals surface area (Å²) >= 11 is 0. The van der Waals surface area contributed by atoms with Crippen LogP contribution >= 0.6 is 0 Å². The van der Waals surface area contributed by atoms with Crippen molar-refractivity contribution in [2.45, 2.75) is 6.54 Å². The molecule has 1 aromatic heterocycles. The Labute approximate surface area is 116 Å². The Bertz CT molecular complexity index is 614. The van der Waals surface area contributed by atoms with E-state index in [0.29, 0.717) is 5.69 Å². The highest BCUT2D eigenvalue weighted by atomic mass is 16.4. The first-order valence-electron chi connectivity index (χ1n) is 6.00. The van der Waals surface area contributed by atoms with Crippen molar-refractivity contribution in [3.05, 3.63) is 53.9 Å². The standard InChI is InChI=1S/C14H14N4O2/c1-15-9-12-7-8-16-13(17-12)18(14(19)20)10-11-5-3-2-4-6-11/h2-9H,10H2,1H3,(H,19,20)/b15-9-. The largest absolute Gasteiger partial charge is 0.465 e. The Morgan fingerprint density at radius 3 is 2.75 bits per heavy atom. The molecule has 0 aliphatic heterocycles. The molecule has 1 N–H and O–H groups in total. The van der Waals surface area contributed by atoms with Crippen molar-refractivity contribution in [3.63, 3.8) is 0 Å². The predicted octanol–water partition coefficient (Wildman–Crippen LogP) is 2.21. The Morgan fingerprint density at radius 1 is 1.35 bits per heavy atom. The van der Waals surface area contributed by atoms with Crippen molar-refractivity contribution >= 4 is 18.3 Å². The van der Waals surface area contributed by atoms with Crippen LogP contribution in [0.1, 0.15) is 11.3 Å². The Hall–Kier alpha value is -2.76. The molecule has 2 rings (SSSR count). The average Bonchev–Trinajstić information content (AvgIpc) is 2.46. The van der Waals surface area contributed by atoms with E-state index < -0.39 is 6.09 Å². The number of aromatic nitrogens is 2. The monoisotopic (exact) mass is 270 g/mol. The first-order valence-corrected chi connectivity index (χ1v) is 6.00. The summed E-state index contributed by atoms with van der Waals surface area (Å²) in [6.45, 7) is 0.197. The molecule has 0 saturated heterocycles. The first kappa shape index (κ1) is 13.7. The summed E-state index contributed by atoms with van der Waals surface area (Å²) in [5.41, 5.74) is 1.44. The minimum absolute atomic E-state index is 0.138. The number of carbonyl (C=O) groups is 1. The molecule has 0 atom stereocenters. The molecule has 2 aromatic rings. The minimum atomic E-state index is -1.10. The molecular formula is C14H14N4O2. The van der Waals surface area contributed by atoms with Crippen LogP contribution in [0, 0.1) is 0 Å². The van der Waals surface area contributed by atoms with Crippen molar-refractivity contribution in [2.75, 3.05) is 11.9 Å². The number of hydrogen-bond acceptors (Lipinski definition) is 4. The molecule has 0 saturated carbocycles. The summed E-state index contributed by atoms with van der Waals surface area (Å²) in [5, 5.41) is 9.32. The van der Waals surface area contributed by atoms with Crippen molar-refractivity contribution in [1.29, 1.82) is 0 Å². The molecule has 0 unspecified atom stereocenters. The van der Waals surface area contributed by atoms with Gasteiger partial charge in [0.2, 0.25) is 5.95 Å². The highest BCUT2D eigenvalue weighted by Gasteiger charge is 2.17. The van der Waals surface area contributed by atoms with Gasteiger partial charge < -0.3 is 5.11 Å². The average molecular weight is 270 g/mol. The maximum absolute atomic E-state index is 11.4. The van der Waals surface area contributed by atoms with Crippen LogP contribution in [0.2, 0.25) is 0 Å². The van der Waals surface area contributed by atoms with Crippen molar-refractivity contribution in [3.8, 4) is 0 Å². The molecule has 0 bridgehead atoms. The molecule has 1 heterocycles. The SMILES string of the molecule is C/N=C\c1ccnc(N(Cc2ccccc2)C(=O)O)n1. The second-order valence-corrected chi connectivity index (χ2v) is 4.02. The van der Waals surface area contributed by atoms with E-state index in [4.69, 9.17) is 0 Å². The van der Waals surface area contributed by atoms with Gasteiger partial charge in [0, 0.05) is 19.5 Å². The molecule has 20 heavy (non-hydrogen) atoms. The Balaban J connectivity index is 2.29. The molecule has 102 valence electrons. The van der Waals surface area contributed by atoms with Gasteiger partial charge in [0.15, 0.2) is 0 Å². The van der Waals surface area contributed by atoms with Crippen molar-refractivity contribution in [1.82, 2.24) is 9.97 Å². The van der Waals surface area contributed by atoms with E-state index in [2.05, 4.69) is 15.0 Å². The lowest BCUT2D eigenvalue weighted by molar-refractivity contribution is 0.201. The molecule has 1 aromatic carbocycles. The van der Waals surface area contributed by atoms with Crippen LogP contribution in [0.3, 0.4) is 0 Å². The third-order valence-electron chi connectivity index (χ3n) is 2.58. The van der Waals surface area contributed by atoms with Crippen LogP contribution < -0.4 is 4.90 Å². The molecule has 0 aliphatic carbocycles. The van der Waals surface area contributed by atoms with Crippen molar-refractivity contribution < 1.29 is 9.90 Å². The molecule has 0 fully saturated rings. The normalized spacial score (nSPS) is 10.7. The van der Waals surface area contributed by atoms with Gasteiger partial charge in [-0.05, 0) is 11.6 Å². The predicted molar refractivity (Wildman–Crippen MR) is 76.2 cm³/mol. The number of hydrogen-bond donors (Lipinski definition) is 1. The van der Waals surface area contributed by atoms with E-state index in [0.717, 1.165) is 10.5 Å². The van der Waals surface area contributed by atoms with Crippen LogP contribution in [0.4, 0.5) is 10.7 Å². The van der Waals surface area contributed by atoms with Gasteiger partial charge in [0.05, 0.1) is 12.2 Å². The Kier molecular flexibility index (Phi) is 4.39. The summed E-state index contributed by atoms with van der Waals surface area (Å²) in [4.78, 5) is 24.5. The van der Waals surface area contributed by atoms with Gasteiger partial charge >= 0.3 is 6.09 Å². The third kappa shape index (κ3) is 3.38. The lowest BCUT2D eigenvalue weighted by Gasteiger charge is -2.17. The van der Waals surface area contributed by atoms with E-state index >= 15 is 0 Å². The smallest absolute Gasteiger partial charge is 0.414 e. The number of amides is 1. The van der Waals surface area contributed by atoms with E-state index in [1.807, 2.05) is 30.3 Å². The number of anilines is 1. The number of benzene rings is 1. The third-order valence-corrected chi connectivity index (χ3v) is 2.58. The van der Waals surface area contributed by atoms with Gasteiger partial charge in [-0.15, -0.1) is 0 Å². The van der Waals surface area contributed by atoms with Gasteiger partial charge in [-0.25, -0.2) is 19.7 Å². The minimum Gasteiger partial charge on any atom is -0.465 e. The fraction of sp³-hybridized carbons (Fsp3) is 0.143. The van der Waals surface area contributed by atoms with E-state index in [1.54, 1.807) is 19.3 Å². The topological polar surface area (TPSA) is 78.7 Å². The summed E-state index contributed by atoms with van der Waals surface area (Å²) < 4.78 is 0. The van der Waals surface area contributed by atoms with Gasteiger partial charge in [-0.2, -0.15) is 0 Å². The summed E-state index contributed by atoms with van der Waals surface area (Å²) in [6.07, 6.45) is 1.97. The van der Waals surface area contributed by atoms with E-state index in [-0.39, 0.29) is 12.5 Å². The Morgan fingerprint density at radius 2 is 2.10 bits per heavy atom. The molecule has 0 aliphatic rings. The summed E-state index contributed by atoms with van der Waals surface area (Å²) in [7, 11) is 1.63. The van der Waals surface area contributed by atoms with Crippen molar-refractivity contribution in [2.24, 2.45) is 4.99 Å². The van der Waals surface area contributed by atoms with Crippen LogP contribution in [0.15, 0.2) is 47.6 Å². The van der Waals surface area contributed by atoms with Gasteiger partial charge in [-0.1, -0.05) is 30.3 Å². The fourth-order valence-electron chi connectivity index (χ4n) is 1.69. The first-order chi connectivity index (χ1) is 9.70. The van der Waals surface area contributed by atoms with Crippen LogP contribution in [-0.2, 0) is 6.54 Å².